The van der Waals surface area contributed by atoms with E-state index in [1.165, 1.54) is 12.1 Å². The first-order valence-electron chi connectivity index (χ1n) is 8.25. The van der Waals surface area contributed by atoms with Crippen LogP contribution in [0.3, 0.4) is 0 Å². The summed E-state index contributed by atoms with van der Waals surface area (Å²) >= 11 is 0. The lowest BCUT2D eigenvalue weighted by molar-refractivity contribution is 0.0980. The zero-order chi connectivity index (χ0) is 18.4. The van der Waals surface area contributed by atoms with Gasteiger partial charge >= 0.3 is 0 Å². The Hall–Kier alpha value is -2.75. The van der Waals surface area contributed by atoms with Gasteiger partial charge in [-0.15, -0.1) is 0 Å². The molecular formula is C21H24O4. The topological polar surface area (TPSA) is 66.8 Å². The number of phenols is 2. The van der Waals surface area contributed by atoms with Gasteiger partial charge in [-0.2, -0.15) is 0 Å². The third kappa shape index (κ3) is 4.86. The van der Waals surface area contributed by atoms with Crippen LogP contribution in [0, 0.1) is 0 Å². The van der Waals surface area contributed by atoms with E-state index in [2.05, 4.69) is 0 Å². The highest BCUT2D eigenvalue weighted by molar-refractivity contribution is 5.99. The number of ketones is 1. The molecule has 0 unspecified atom stereocenters. The van der Waals surface area contributed by atoms with Gasteiger partial charge in [0.05, 0.1) is 12.7 Å². The molecule has 0 spiro atoms. The fraction of sp³-hybridized carbons (Fsp3) is 0.286. The molecule has 0 aliphatic rings. The molecule has 0 atom stereocenters. The minimum Gasteiger partial charge on any atom is -0.508 e. The number of phenolic OH excluding ortho intramolecular Hbond substituents is 2. The van der Waals surface area contributed by atoms with Gasteiger partial charge in [-0.05, 0) is 56.5 Å². The molecule has 2 rings (SSSR count). The van der Waals surface area contributed by atoms with Gasteiger partial charge in [-0.1, -0.05) is 23.8 Å². The van der Waals surface area contributed by atoms with Crippen molar-refractivity contribution in [2.24, 2.45) is 0 Å². The van der Waals surface area contributed by atoms with E-state index >= 15 is 0 Å². The summed E-state index contributed by atoms with van der Waals surface area (Å²) in [5, 5.41) is 20.3. The van der Waals surface area contributed by atoms with Gasteiger partial charge in [0, 0.05) is 12.0 Å². The summed E-state index contributed by atoms with van der Waals surface area (Å²) in [5.74, 6) is 0.501. The minimum atomic E-state index is -0.147. The molecule has 0 fully saturated rings. The zero-order valence-electron chi connectivity index (χ0n) is 14.9. The highest BCUT2D eigenvalue weighted by atomic mass is 16.5. The number of benzene rings is 2. The van der Waals surface area contributed by atoms with Crippen molar-refractivity contribution in [1.82, 2.24) is 0 Å². The van der Waals surface area contributed by atoms with Crippen LogP contribution < -0.4 is 4.74 Å². The van der Waals surface area contributed by atoms with Crippen molar-refractivity contribution < 1.29 is 19.7 Å². The molecule has 0 bridgehead atoms. The summed E-state index contributed by atoms with van der Waals surface area (Å²) in [5.41, 5.74) is 2.74. The van der Waals surface area contributed by atoms with Crippen LogP contribution in [0.5, 0.6) is 17.2 Å². The summed E-state index contributed by atoms with van der Waals surface area (Å²) < 4.78 is 5.12. The van der Waals surface area contributed by atoms with Gasteiger partial charge in [0.25, 0.3) is 0 Å². The van der Waals surface area contributed by atoms with Crippen LogP contribution in [0.15, 0.2) is 48.0 Å². The predicted molar refractivity (Wildman–Crippen MR) is 98.6 cm³/mol. The van der Waals surface area contributed by atoms with Crippen LogP contribution in [0.25, 0.3) is 0 Å². The molecule has 4 heteroatoms. The van der Waals surface area contributed by atoms with Crippen molar-refractivity contribution in [2.75, 3.05) is 7.11 Å². The monoisotopic (exact) mass is 340 g/mol. The number of ether oxygens (including phenoxy) is 1. The molecule has 25 heavy (non-hydrogen) atoms. The average molecular weight is 340 g/mol. The van der Waals surface area contributed by atoms with E-state index in [0.717, 1.165) is 16.9 Å². The summed E-state index contributed by atoms with van der Waals surface area (Å²) in [4.78, 5) is 12.5. The lowest BCUT2D eigenvalue weighted by Gasteiger charge is -2.10. The second kappa shape index (κ2) is 8.38. The number of hydrogen-bond donors (Lipinski definition) is 2. The molecule has 0 amide bonds. The number of aromatic hydroxyl groups is 2. The van der Waals surface area contributed by atoms with Gasteiger partial charge in [-0.25, -0.2) is 0 Å². The first-order chi connectivity index (χ1) is 11.9. The largest absolute Gasteiger partial charge is 0.508 e. The number of aryl methyl sites for hydroxylation is 1. The number of Topliss-reactive ketones (excluding diaryl/α,β-unsaturated/α-hetero) is 1. The number of hydrogen-bond acceptors (Lipinski definition) is 4. The summed E-state index contributed by atoms with van der Waals surface area (Å²) in [7, 11) is 1.61. The molecule has 0 aromatic heterocycles. The Labute approximate surface area is 148 Å². The second-order valence-electron chi connectivity index (χ2n) is 6.22. The first kappa shape index (κ1) is 18.6. The van der Waals surface area contributed by atoms with Crippen LogP contribution in [0.1, 0.15) is 41.8 Å². The van der Waals surface area contributed by atoms with Crippen molar-refractivity contribution in [3.05, 3.63) is 64.7 Å². The molecule has 0 aliphatic heterocycles. The molecule has 2 N–H and O–H groups in total. The molecule has 0 heterocycles. The third-order valence-electron chi connectivity index (χ3n) is 4.07. The molecule has 0 saturated carbocycles. The molecule has 4 nitrogen and oxygen atoms in total. The number of rotatable bonds is 7. The summed E-state index contributed by atoms with van der Waals surface area (Å²) in [6.07, 6.45) is 3.15. The molecule has 0 aliphatic carbocycles. The van der Waals surface area contributed by atoms with Gasteiger partial charge in [0.15, 0.2) is 5.78 Å². The van der Waals surface area contributed by atoms with Crippen molar-refractivity contribution in [2.45, 2.75) is 33.1 Å². The summed E-state index contributed by atoms with van der Waals surface area (Å²) in [6, 6.07) is 10.5. The first-order valence-corrected chi connectivity index (χ1v) is 8.25. The van der Waals surface area contributed by atoms with Crippen LogP contribution in [-0.4, -0.2) is 23.1 Å². The van der Waals surface area contributed by atoms with Gasteiger partial charge in [0.2, 0.25) is 0 Å². The van der Waals surface area contributed by atoms with E-state index in [-0.39, 0.29) is 29.3 Å². The van der Waals surface area contributed by atoms with Crippen molar-refractivity contribution in [3.8, 4) is 17.2 Å². The highest BCUT2D eigenvalue weighted by Crippen LogP contribution is 2.32. The zero-order valence-corrected chi connectivity index (χ0v) is 14.9. The van der Waals surface area contributed by atoms with Gasteiger partial charge in [0.1, 0.15) is 17.2 Å². The fourth-order valence-corrected chi connectivity index (χ4v) is 2.54. The number of carbonyl (C=O) groups is 1. The molecular weight excluding hydrogens is 316 g/mol. The lowest BCUT2D eigenvalue weighted by Crippen LogP contribution is -2.03. The molecule has 0 radical (unpaired) electrons. The van der Waals surface area contributed by atoms with Crippen LogP contribution in [0.4, 0.5) is 0 Å². The number of methoxy groups -OCH3 is 1. The lowest BCUT2D eigenvalue weighted by atomic mass is 9.97. The van der Waals surface area contributed by atoms with Crippen molar-refractivity contribution in [1.29, 1.82) is 0 Å². The smallest absolute Gasteiger partial charge is 0.166 e. The van der Waals surface area contributed by atoms with E-state index in [1.807, 2.05) is 44.2 Å². The Morgan fingerprint density at radius 3 is 2.36 bits per heavy atom. The third-order valence-corrected chi connectivity index (χ3v) is 4.07. The second-order valence-corrected chi connectivity index (χ2v) is 6.22. The van der Waals surface area contributed by atoms with E-state index in [9.17, 15) is 15.0 Å². The molecule has 2 aromatic rings. The maximum absolute atomic E-state index is 12.5. The van der Waals surface area contributed by atoms with E-state index in [1.54, 1.807) is 7.11 Å². The van der Waals surface area contributed by atoms with Gasteiger partial charge < -0.3 is 14.9 Å². The SMILES string of the molecule is COc1ccc(CCC(=O)c2ccc(O)c(CC=C(C)C)c2O)cc1. The maximum atomic E-state index is 12.5. The van der Waals surface area contributed by atoms with E-state index in [0.29, 0.717) is 18.4 Å². The van der Waals surface area contributed by atoms with Crippen molar-refractivity contribution >= 4 is 5.78 Å². The normalized spacial score (nSPS) is 10.4. The number of carbonyl (C=O) groups excluding carboxylic acids is 1. The summed E-state index contributed by atoms with van der Waals surface area (Å²) in [6.45, 7) is 3.88. The average Bonchev–Trinajstić information content (AvgIpc) is 2.59. The molecule has 0 saturated heterocycles. The minimum absolute atomic E-state index is 0.00158. The van der Waals surface area contributed by atoms with Crippen molar-refractivity contribution in [3.63, 3.8) is 0 Å². The Kier molecular flexibility index (Phi) is 6.23. The van der Waals surface area contributed by atoms with Crippen LogP contribution in [-0.2, 0) is 12.8 Å². The van der Waals surface area contributed by atoms with E-state index < -0.39 is 0 Å². The Bertz CT molecular complexity index is 769. The standard InChI is InChI=1S/C21H24O4/c1-14(2)4-10-17-20(23)13-11-18(21(17)24)19(22)12-7-15-5-8-16(25-3)9-6-15/h4-6,8-9,11,13,23-24H,7,10,12H2,1-3H3. The maximum Gasteiger partial charge on any atom is 0.166 e. The van der Waals surface area contributed by atoms with Crippen LogP contribution >= 0.6 is 0 Å². The Morgan fingerprint density at radius 2 is 1.76 bits per heavy atom. The highest BCUT2D eigenvalue weighted by Gasteiger charge is 2.17. The quantitative estimate of drug-likeness (QED) is 0.578. The molecule has 2 aromatic carbocycles. The van der Waals surface area contributed by atoms with Gasteiger partial charge in [-0.3, -0.25) is 4.79 Å². The molecule has 132 valence electrons. The number of allylic oxidation sites excluding steroid dienone is 2. The van der Waals surface area contributed by atoms with Crippen LogP contribution in [0.2, 0.25) is 0 Å². The van der Waals surface area contributed by atoms with E-state index in [4.69, 9.17) is 4.74 Å². The fourth-order valence-electron chi connectivity index (χ4n) is 2.54. The Balaban J connectivity index is 2.12. The predicted octanol–water partition coefficient (Wildman–Crippen LogP) is 4.43. The Morgan fingerprint density at radius 1 is 1.08 bits per heavy atom.